The van der Waals surface area contributed by atoms with Crippen LogP contribution in [0.4, 0.5) is 0 Å². The predicted molar refractivity (Wildman–Crippen MR) is 41.4 cm³/mol. The smallest absolute Gasteiger partial charge is 0.0701 e. The molecular formula is C8H8ClN. The lowest BCUT2D eigenvalue weighted by Gasteiger charge is -2.09. The molecule has 0 aromatic heterocycles. The lowest BCUT2D eigenvalue weighted by atomic mass is 9.99. The summed E-state index contributed by atoms with van der Waals surface area (Å²) < 4.78 is 0. The molecule has 0 saturated carbocycles. The lowest BCUT2D eigenvalue weighted by molar-refractivity contribution is 0.825. The molecule has 0 N–H and O–H groups in total. The maximum absolute atomic E-state index is 8.51. The normalized spacial score (nSPS) is 24.7. The number of hydrogen-bond donors (Lipinski definition) is 0. The Morgan fingerprint density at radius 1 is 1.80 bits per heavy atom. The molecule has 0 amide bonds. The molecule has 52 valence electrons. The monoisotopic (exact) mass is 153 g/mol. The molecule has 10 heavy (non-hydrogen) atoms. The second kappa shape index (κ2) is 2.90. The number of rotatable bonds is 0. The second-order valence-corrected chi connectivity index (χ2v) is 2.78. The molecule has 0 aliphatic heterocycles. The molecule has 0 radical (unpaired) electrons. The standard InChI is InChI=1S/C8H8ClN/c1-6-2-3-7(5-10)4-8(6)9/h2,4,7H,3H2,1H3. The van der Waals surface area contributed by atoms with E-state index in [4.69, 9.17) is 16.9 Å². The van der Waals surface area contributed by atoms with Gasteiger partial charge in [0.2, 0.25) is 0 Å². The van der Waals surface area contributed by atoms with Crippen LogP contribution in [0.2, 0.25) is 0 Å². The first-order valence-electron chi connectivity index (χ1n) is 3.18. The number of nitrogens with zero attached hydrogens (tertiary/aromatic N) is 1. The number of halogens is 1. The Morgan fingerprint density at radius 2 is 2.50 bits per heavy atom. The molecule has 1 rings (SSSR count). The minimum absolute atomic E-state index is 0.0174. The van der Waals surface area contributed by atoms with Gasteiger partial charge in [0.25, 0.3) is 0 Å². The Morgan fingerprint density at radius 3 is 3.00 bits per heavy atom. The highest BCUT2D eigenvalue weighted by Crippen LogP contribution is 2.24. The van der Waals surface area contributed by atoms with Crippen LogP contribution < -0.4 is 0 Å². The van der Waals surface area contributed by atoms with E-state index in [0.717, 1.165) is 17.0 Å². The third-order valence-electron chi connectivity index (χ3n) is 1.57. The average Bonchev–Trinajstić information content (AvgIpc) is 1.95. The molecular weight excluding hydrogens is 146 g/mol. The summed E-state index contributed by atoms with van der Waals surface area (Å²) in [6.45, 7) is 1.95. The topological polar surface area (TPSA) is 23.8 Å². The Kier molecular flexibility index (Phi) is 2.13. The van der Waals surface area contributed by atoms with Crippen molar-refractivity contribution in [1.29, 1.82) is 5.26 Å². The van der Waals surface area contributed by atoms with Gasteiger partial charge < -0.3 is 0 Å². The van der Waals surface area contributed by atoms with Gasteiger partial charge in [-0.2, -0.15) is 5.26 Å². The van der Waals surface area contributed by atoms with Gasteiger partial charge in [-0.1, -0.05) is 17.7 Å². The van der Waals surface area contributed by atoms with Crippen LogP contribution in [0.25, 0.3) is 0 Å². The van der Waals surface area contributed by atoms with Crippen molar-refractivity contribution in [3.05, 3.63) is 22.8 Å². The minimum Gasteiger partial charge on any atom is -0.198 e. The van der Waals surface area contributed by atoms with Gasteiger partial charge in [-0.3, -0.25) is 0 Å². The SMILES string of the molecule is CC1=CCC(C#N)C=C1Cl. The highest BCUT2D eigenvalue weighted by Gasteiger charge is 2.09. The van der Waals surface area contributed by atoms with E-state index in [-0.39, 0.29) is 5.92 Å². The van der Waals surface area contributed by atoms with E-state index in [9.17, 15) is 0 Å². The van der Waals surface area contributed by atoms with E-state index < -0.39 is 0 Å². The molecule has 2 heteroatoms. The molecule has 1 unspecified atom stereocenters. The van der Waals surface area contributed by atoms with Gasteiger partial charge in [-0.15, -0.1) is 0 Å². The van der Waals surface area contributed by atoms with Crippen LogP contribution in [0.3, 0.4) is 0 Å². The quantitative estimate of drug-likeness (QED) is 0.525. The van der Waals surface area contributed by atoms with E-state index in [2.05, 4.69) is 6.07 Å². The molecule has 1 aliphatic rings. The zero-order valence-electron chi connectivity index (χ0n) is 5.76. The summed E-state index contributed by atoms with van der Waals surface area (Å²) >= 11 is 5.78. The van der Waals surface area contributed by atoms with Crippen LogP contribution in [0.1, 0.15) is 13.3 Å². The first-order chi connectivity index (χ1) is 4.74. The van der Waals surface area contributed by atoms with Crippen molar-refractivity contribution in [2.45, 2.75) is 13.3 Å². The van der Waals surface area contributed by atoms with Crippen molar-refractivity contribution in [2.24, 2.45) is 5.92 Å². The van der Waals surface area contributed by atoms with Crippen molar-refractivity contribution >= 4 is 11.6 Å². The van der Waals surface area contributed by atoms with Crippen molar-refractivity contribution in [3.8, 4) is 6.07 Å². The summed E-state index contributed by atoms with van der Waals surface area (Å²) in [4.78, 5) is 0. The van der Waals surface area contributed by atoms with Gasteiger partial charge in [0.15, 0.2) is 0 Å². The van der Waals surface area contributed by atoms with Gasteiger partial charge >= 0.3 is 0 Å². The predicted octanol–water partition coefficient (Wildman–Crippen LogP) is 2.60. The molecule has 1 aliphatic carbocycles. The Bertz CT molecular complexity index is 232. The highest BCUT2D eigenvalue weighted by atomic mass is 35.5. The summed E-state index contributed by atoms with van der Waals surface area (Å²) in [5.74, 6) is -0.0174. The van der Waals surface area contributed by atoms with Crippen LogP contribution in [-0.2, 0) is 0 Å². The Hall–Kier alpha value is -0.740. The summed E-state index contributed by atoms with van der Waals surface area (Å²) in [6.07, 6.45) is 4.60. The molecule has 0 bridgehead atoms. The van der Waals surface area contributed by atoms with Crippen LogP contribution >= 0.6 is 11.6 Å². The zero-order chi connectivity index (χ0) is 7.56. The fraction of sp³-hybridized carbons (Fsp3) is 0.375. The fourth-order valence-electron chi connectivity index (χ4n) is 0.867. The van der Waals surface area contributed by atoms with Crippen molar-refractivity contribution in [3.63, 3.8) is 0 Å². The molecule has 0 saturated heterocycles. The molecule has 1 nitrogen and oxygen atoms in total. The number of nitriles is 1. The summed E-state index contributed by atoms with van der Waals surface area (Å²) in [7, 11) is 0. The van der Waals surface area contributed by atoms with Gasteiger partial charge in [0.1, 0.15) is 0 Å². The van der Waals surface area contributed by atoms with Gasteiger partial charge in [0, 0.05) is 5.03 Å². The number of hydrogen-bond acceptors (Lipinski definition) is 1. The molecule has 1 atom stereocenters. The lowest BCUT2D eigenvalue weighted by Crippen LogP contribution is -1.97. The maximum atomic E-state index is 8.51. The third kappa shape index (κ3) is 1.40. The summed E-state index contributed by atoms with van der Waals surface area (Å²) in [6, 6.07) is 2.15. The average molecular weight is 154 g/mol. The van der Waals surface area contributed by atoms with E-state index >= 15 is 0 Å². The summed E-state index contributed by atoms with van der Waals surface area (Å²) in [5.41, 5.74) is 1.08. The van der Waals surface area contributed by atoms with Gasteiger partial charge in [-0.05, 0) is 25.0 Å². The zero-order valence-corrected chi connectivity index (χ0v) is 6.52. The van der Waals surface area contributed by atoms with Crippen LogP contribution in [-0.4, -0.2) is 0 Å². The molecule has 0 fully saturated rings. The Labute approximate surface area is 65.6 Å². The highest BCUT2D eigenvalue weighted by molar-refractivity contribution is 6.32. The van der Waals surface area contributed by atoms with Crippen molar-refractivity contribution < 1.29 is 0 Å². The number of allylic oxidation sites excluding steroid dienone is 4. The van der Waals surface area contributed by atoms with Crippen molar-refractivity contribution in [2.75, 3.05) is 0 Å². The first kappa shape index (κ1) is 7.37. The first-order valence-corrected chi connectivity index (χ1v) is 3.56. The van der Waals surface area contributed by atoms with E-state index in [1.54, 1.807) is 6.08 Å². The fourth-order valence-corrected chi connectivity index (χ4v) is 1.10. The maximum Gasteiger partial charge on any atom is 0.0701 e. The van der Waals surface area contributed by atoms with Crippen LogP contribution in [0.5, 0.6) is 0 Å². The molecule has 0 aromatic rings. The minimum atomic E-state index is -0.0174. The van der Waals surface area contributed by atoms with Crippen LogP contribution in [0, 0.1) is 17.2 Å². The van der Waals surface area contributed by atoms with Gasteiger partial charge in [0.05, 0.1) is 12.0 Å². The second-order valence-electron chi connectivity index (χ2n) is 2.37. The van der Waals surface area contributed by atoms with Gasteiger partial charge in [-0.25, -0.2) is 0 Å². The van der Waals surface area contributed by atoms with Crippen LogP contribution in [0.15, 0.2) is 22.8 Å². The molecule has 0 spiro atoms. The molecule has 0 heterocycles. The third-order valence-corrected chi connectivity index (χ3v) is 1.99. The summed E-state index contributed by atoms with van der Waals surface area (Å²) in [5, 5.41) is 9.23. The largest absolute Gasteiger partial charge is 0.198 e. The Balaban J connectivity index is 2.78. The van der Waals surface area contributed by atoms with E-state index in [1.165, 1.54) is 0 Å². The molecule has 0 aromatic carbocycles. The van der Waals surface area contributed by atoms with E-state index in [1.807, 2.05) is 13.0 Å². The van der Waals surface area contributed by atoms with Crippen molar-refractivity contribution in [1.82, 2.24) is 0 Å². The van der Waals surface area contributed by atoms with E-state index in [0.29, 0.717) is 0 Å².